The Labute approximate surface area is 105 Å². The number of amides is 1. The van der Waals surface area contributed by atoms with Gasteiger partial charge in [-0.1, -0.05) is 0 Å². The Hall–Kier alpha value is -1.60. The Morgan fingerprint density at radius 3 is 3.11 bits per heavy atom. The largest absolute Gasteiger partial charge is 0.460 e. The summed E-state index contributed by atoms with van der Waals surface area (Å²) < 4.78 is 15.7. The minimum absolute atomic E-state index is 0.0781. The van der Waals surface area contributed by atoms with Crippen LogP contribution >= 0.6 is 0 Å². The highest BCUT2D eigenvalue weighted by atomic mass is 16.7. The first-order valence-electron chi connectivity index (χ1n) is 5.69. The van der Waals surface area contributed by atoms with Gasteiger partial charge >= 0.3 is 5.97 Å². The summed E-state index contributed by atoms with van der Waals surface area (Å²) >= 11 is 0. The second kappa shape index (κ2) is 5.36. The Morgan fingerprint density at radius 1 is 1.67 bits per heavy atom. The lowest BCUT2D eigenvalue weighted by atomic mass is 10.2. The fourth-order valence-corrected chi connectivity index (χ4v) is 1.73. The number of carbonyl (C=O) groups excluding carboxylic acids is 2. The summed E-state index contributed by atoms with van der Waals surface area (Å²) in [4.78, 5) is 23.8. The van der Waals surface area contributed by atoms with E-state index in [0.29, 0.717) is 18.8 Å². The molecule has 1 fully saturated rings. The van der Waals surface area contributed by atoms with Crippen LogP contribution in [-0.4, -0.2) is 49.2 Å². The topological polar surface area (TPSA) is 77.1 Å². The summed E-state index contributed by atoms with van der Waals surface area (Å²) in [6, 6.07) is 0. The number of nitrogens with zero attached hydrogens (tertiary/aromatic N) is 1. The van der Waals surface area contributed by atoms with Gasteiger partial charge in [0, 0.05) is 18.7 Å². The van der Waals surface area contributed by atoms with E-state index in [1.807, 2.05) is 4.90 Å². The van der Waals surface area contributed by atoms with Crippen LogP contribution in [-0.2, 0) is 23.8 Å². The second-order valence-electron chi connectivity index (χ2n) is 4.15. The highest BCUT2D eigenvalue weighted by Crippen LogP contribution is 2.18. The molecule has 0 aromatic heterocycles. The van der Waals surface area contributed by atoms with Crippen LogP contribution in [0.3, 0.4) is 0 Å². The first-order valence-corrected chi connectivity index (χ1v) is 5.69. The molecule has 2 unspecified atom stereocenters. The number of carbonyl (C=O) groups is 2. The first kappa shape index (κ1) is 12.8. The lowest BCUT2D eigenvalue weighted by Gasteiger charge is -2.30. The molecular weight excluding hydrogens is 240 g/mol. The van der Waals surface area contributed by atoms with Crippen LogP contribution in [0.1, 0.15) is 13.8 Å². The van der Waals surface area contributed by atoms with Crippen molar-refractivity contribution in [2.75, 3.05) is 19.9 Å². The van der Waals surface area contributed by atoms with Gasteiger partial charge in [-0.15, -0.1) is 0 Å². The molecule has 7 nitrogen and oxygen atoms in total. The van der Waals surface area contributed by atoms with E-state index < -0.39 is 6.29 Å². The van der Waals surface area contributed by atoms with Crippen molar-refractivity contribution in [3.05, 3.63) is 11.8 Å². The molecule has 18 heavy (non-hydrogen) atoms. The molecule has 2 atom stereocenters. The smallest absolute Gasteiger partial charge is 0.302 e. The standard InChI is InChI=1S/C11H16N2O5/c1-7-3-13(6-12-11(7)15)9-4-17-10(18-9)5-16-8(2)14/h3,9-10H,4-6H2,1-2H3,(H,12,15). The zero-order chi connectivity index (χ0) is 13.1. The van der Waals surface area contributed by atoms with Gasteiger partial charge in [0.2, 0.25) is 5.91 Å². The first-order chi connectivity index (χ1) is 8.56. The number of hydrogen-bond donors (Lipinski definition) is 1. The monoisotopic (exact) mass is 256 g/mol. The molecule has 7 heteroatoms. The van der Waals surface area contributed by atoms with Crippen LogP contribution in [0.5, 0.6) is 0 Å². The average molecular weight is 256 g/mol. The fraction of sp³-hybridized carbons (Fsp3) is 0.636. The molecule has 100 valence electrons. The van der Waals surface area contributed by atoms with Gasteiger partial charge in [0.1, 0.15) is 6.61 Å². The number of rotatable bonds is 3. The van der Waals surface area contributed by atoms with Crippen LogP contribution < -0.4 is 5.32 Å². The highest BCUT2D eigenvalue weighted by molar-refractivity contribution is 5.93. The minimum Gasteiger partial charge on any atom is -0.460 e. The molecule has 2 aliphatic heterocycles. The van der Waals surface area contributed by atoms with Crippen molar-refractivity contribution in [2.24, 2.45) is 0 Å². The van der Waals surface area contributed by atoms with Crippen molar-refractivity contribution >= 4 is 11.9 Å². The predicted octanol–water partition coefficient (Wildman–Crippen LogP) is -0.458. The van der Waals surface area contributed by atoms with Gasteiger partial charge in [0.25, 0.3) is 0 Å². The zero-order valence-electron chi connectivity index (χ0n) is 10.3. The van der Waals surface area contributed by atoms with E-state index in [1.165, 1.54) is 6.92 Å². The summed E-state index contributed by atoms with van der Waals surface area (Å²) in [6.45, 7) is 3.89. The van der Waals surface area contributed by atoms with Crippen molar-refractivity contribution in [3.63, 3.8) is 0 Å². The molecule has 1 amide bonds. The van der Waals surface area contributed by atoms with E-state index in [-0.39, 0.29) is 24.7 Å². The molecule has 0 spiro atoms. The molecule has 2 heterocycles. The summed E-state index contributed by atoms with van der Waals surface area (Å²) in [6.07, 6.45) is 0.910. The molecule has 1 N–H and O–H groups in total. The van der Waals surface area contributed by atoms with Crippen molar-refractivity contribution in [3.8, 4) is 0 Å². The summed E-state index contributed by atoms with van der Waals surface area (Å²) in [5, 5.41) is 2.72. The maximum Gasteiger partial charge on any atom is 0.302 e. The maximum atomic E-state index is 11.3. The molecule has 2 rings (SSSR count). The Morgan fingerprint density at radius 2 is 2.44 bits per heavy atom. The minimum atomic E-state index is -0.551. The summed E-state index contributed by atoms with van der Waals surface area (Å²) in [5.74, 6) is -0.451. The van der Waals surface area contributed by atoms with Gasteiger partial charge in [-0.05, 0) is 6.92 Å². The van der Waals surface area contributed by atoms with Gasteiger partial charge < -0.3 is 24.4 Å². The van der Waals surface area contributed by atoms with Crippen molar-refractivity contribution in [1.29, 1.82) is 0 Å². The van der Waals surface area contributed by atoms with E-state index in [2.05, 4.69) is 5.32 Å². The van der Waals surface area contributed by atoms with E-state index >= 15 is 0 Å². The Kier molecular flexibility index (Phi) is 3.83. The molecule has 0 aliphatic carbocycles. The van der Waals surface area contributed by atoms with Crippen LogP contribution in [0.2, 0.25) is 0 Å². The van der Waals surface area contributed by atoms with Gasteiger partial charge in [0.15, 0.2) is 12.5 Å². The van der Waals surface area contributed by atoms with Crippen LogP contribution in [0, 0.1) is 0 Å². The Balaban J connectivity index is 1.85. The Bertz CT molecular complexity index is 382. The lowest BCUT2D eigenvalue weighted by molar-refractivity contribution is -0.158. The molecule has 0 aromatic rings. The zero-order valence-corrected chi connectivity index (χ0v) is 10.3. The highest BCUT2D eigenvalue weighted by Gasteiger charge is 2.31. The van der Waals surface area contributed by atoms with Crippen LogP contribution in [0.4, 0.5) is 0 Å². The second-order valence-corrected chi connectivity index (χ2v) is 4.15. The van der Waals surface area contributed by atoms with E-state index in [9.17, 15) is 9.59 Å². The lowest BCUT2D eigenvalue weighted by Crippen LogP contribution is -2.46. The molecule has 1 saturated heterocycles. The molecule has 0 aromatic carbocycles. The summed E-state index contributed by atoms with van der Waals surface area (Å²) in [7, 11) is 0. The van der Waals surface area contributed by atoms with Gasteiger partial charge in [-0.2, -0.15) is 0 Å². The van der Waals surface area contributed by atoms with Gasteiger partial charge in [0.05, 0.1) is 13.3 Å². The van der Waals surface area contributed by atoms with E-state index in [0.717, 1.165) is 0 Å². The normalized spacial score (nSPS) is 27.8. The predicted molar refractivity (Wildman–Crippen MR) is 59.9 cm³/mol. The third-order valence-corrected chi connectivity index (χ3v) is 2.67. The number of ether oxygens (including phenoxy) is 3. The van der Waals surface area contributed by atoms with E-state index in [1.54, 1.807) is 13.1 Å². The molecule has 2 aliphatic rings. The average Bonchev–Trinajstić information content (AvgIpc) is 2.79. The third-order valence-electron chi connectivity index (χ3n) is 2.67. The molecule has 0 radical (unpaired) electrons. The molecular formula is C11H16N2O5. The number of esters is 1. The quantitative estimate of drug-likeness (QED) is 0.689. The van der Waals surface area contributed by atoms with Crippen molar-refractivity contribution < 1.29 is 23.8 Å². The van der Waals surface area contributed by atoms with E-state index in [4.69, 9.17) is 14.2 Å². The van der Waals surface area contributed by atoms with Gasteiger partial charge in [-0.3, -0.25) is 9.59 Å². The maximum absolute atomic E-state index is 11.3. The SMILES string of the molecule is CC(=O)OCC1OCC(N2C=C(C)C(=O)NC2)O1. The van der Waals surface area contributed by atoms with Crippen molar-refractivity contribution in [1.82, 2.24) is 10.2 Å². The molecule has 0 bridgehead atoms. The van der Waals surface area contributed by atoms with Crippen molar-refractivity contribution in [2.45, 2.75) is 26.4 Å². The van der Waals surface area contributed by atoms with Crippen LogP contribution in [0.25, 0.3) is 0 Å². The van der Waals surface area contributed by atoms with Crippen LogP contribution in [0.15, 0.2) is 11.8 Å². The molecule has 0 saturated carbocycles. The number of hydrogen-bond acceptors (Lipinski definition) is 6. The van der Waals surface area contributed by atoms with Gasteiger partial charge in [-0.25, -0.2) is 0 Å². The third kappa shape index (κ3) is 2.99. The number of nitrogens with one attached hydrogen (secondary N) is 1. The fourth-order valence-electron chi connectivity index (χ4n) is 1.73. The summed E-state index contributed by atoms with van der Waals surface area (Å²) in [5.41, 5.74) is 0.619.